The van der Waals surface area contributed by atoms with E-state index in [1.807, 2.05) is 0 Å². The minimum Gasteiger partial charge on any atom is -0.479 e. The van der Waals surface area contributed by atoms with Crippen molar-refractivity contribution in [2.45, 2.75) is 71.1 Å². The highest BCUT2D eigenvalue weighted by Gasteiger charge is 2.34. The first kappa shape index (κ1) is 34.1. The number of ether oxygens (including phenoxy) is 2. The molecule has 1 aliphatic heterocycles. The summed E-state index contributed by atoms with van der Waals surface area (Å²) in [6.45, 7) is 5.87. The fraction of sp³-hybridized carbons (Fsp3) is 0.483. The highest BCUT2D eigenvalue weighted by molar-refractivity contribution is 5.92. The normalized spacial score (nSPS) is 16.1. The van der Waals surface area contributed by atoms with E-state index in [0.29, 0.717) is 19.4 Å². The molecule has 1 aromatic heterocycles. The largest absolute Gasteiger partial charge is 0.479 e. The first-order valence-electron chi connectivity index (χ1n) is 13.9. The second-order valence-corrected chi connectivity index (χ2v) is 11.2. The van der Waals surface area contributed by atoms with Crippen molar-refractivity contribution in [1.29, 1.82) is 0 Å². The molecule has 1 aliphatic rings. The summed E-state index contributed by atoms with van der Waals surface area (Å²) in [5, 5.41) is 7.44. The molecule has 240 valence electrons. The summed E-state index contributed by atoms with van der Waals surface area (Å²) in [5.74, 6) is -11.5. The molecule has 2 heterocycles. The predicted molar refractivity (Wildman–Crippen MR) is 149 cm³/mol. The number of carbonyl (C=O) groups excluding carboxylic acids is 4. The van der Waals surface area contributed by atoms with Crippen molar-refractivity contribution in [2.24, 2.45) is 5.92 Å². The topological polar surface area (TPSA) is 145 Å². The lowest BCUT2D eigenvalue weighted by molar-refractivity contribution is -0.132. The summed E-state index contributed by atoms with van der Waals surface area (Å²) < 4.78 is 66.4. The SMILES string of the molecule is CCCC(C(=O)NC(CC1CCNC1=O)C(=O)COc1c(F)c(F)cc(F)c1F)n1cccc(NC(=O)OC(C)(C)C)c1=O. The van der Waals surface area contributed by atoms with Crippen LogP contribution < -0.4 is 26.2 Å². The number of halogens is 4. The van der Waals surface area contributed by atoms with Crippen molar-refractivity contribution in [3.8, 4) is 5.75 Å². The van der Waals surface area contributed by atoms with E-state index < -0.39 is 82.6 Å². The van der Waals surface area contributed by atoms with Gasteiger partial charge in [-0.05, 0) is 52.2 Å². The average Bonchev–Trinajstić information content (AvgIpc) is 3.34. The van der Waals surface area contributed by atoms with Crippen LogP contribution in [0.2, 0.25) is 0 Å². The van der Waals surface area contributed by atoms with Gasteiger partial charge in [0.05, 0.1) is 6.04 Å². The predicted octanol–water partition coefficient (Wildman–Crippen LogP) is 3.75. The zero-order chi connectivity index (χ0) is 32.8. The number of hydrogen-bond donors (Lipinski definition) is 3. The summed E-state index contributed by atoms with van der Waals surface area (Å²) in [7, 11) is 0. The van der Waals surface area contributed by atoms with Gasteiger partial charge in [-0.1, -0.05) is 13.3 Å². The number of aromatic nitrogens is 1. The number of nitrogens with one attached hydrogen (secondary N) is 3. The number of hydrogen-bond acceptors (Lipinski definition) is 7. The fourth-order valence-electron chi connectivity index (χ4n) is 4.55. The van der Waals surface area contributed by atoms with Crippen LogP contribution in [0, 0.1) is 29.2 Å². The lowest BCUT2D eigenvalue weighted by atomic mass is 9.95. The number of carbonyl (C=O) groups is 4. The van der Waals surface area contributed by atoms with E-state index in [1.54, 1.807) is 27.7 Å². The van der Waals surface area contributed by atoms with Crippen LogP contribution in [0.4, 0.5) is 28.0 Å². The van der Waals surface area contributed by atoms with Gasteiger partial charge in [0.2, 0.25) is 23.4 Å². The zero-order valence-corrected chi connectivity index (χ0v) is 24.6. The number of amides is 3. The van der Waals surface area contributed by atoms with E-state index in [9.17, 15) is 41.5 Å². The van der Waals surface area contributed by atoms with Gasteiger partial charge in [0.15, 0.2) is 23.2 Å². The van der Waals surface area contributed by atoms with Gasteiger partial charge in [-0.2, -0.15) is 8.78 Å². The van der Waals surface area contributed by atoms with Crippen molar-refractivity contribution in [2.75, 3.05) is 18.5 Å². The molecule has 3 atom stereocenters. The molecule has 0 saturated carbocycles. The van der Waals surface area contributed by atoms with Crippen molar-refractivity contribution < 1.29 is 46.2 Å². The molecule has 3 unspecified atom stereocenters. The molecule has 1 aromatic carbocycles. The molecule has 44 heavy (non-hydrogen) atoms. The van der Waals surface area contributed by atoms with Gasteiger partial charge < -0.3 is 24.7 Å². The molecule has 0 aliphatic carbocycles. The number of benzene rings is 1. The van der Waals surface area contributed by atoms with E-state index in [2.05, 4.69) is 16.0 Å². The first-order valence-corrected chi connectivity index (χ1v) is 13.9. The van der Waals surface area contributed by atoms with Crippen molar-refractivity contribution in [3.05, 3.63) is 58.0 Å². The van der Waals surface area contributed by atoms with Crippen LogP contribution in [-0.2, 0) is 19.1 Å². The monoisotopic (exact) mass is 626 g/mol. The number of pyridine rings is 1. The third-order valence-electron chi connectivity index (χ3n) is 6.63. The third kappa shape index (κ3) is 8.57. The Morgan fingerprint density at radius 3 is 2.34 bits per heavy atom. The summed E-state index contributed by atoms with van der Waals surface area (Å²) >= 11 is 0. The summed E-state index contributed by atoms with van der Waals surface area (Å²) in [4.78, 5) is 64.5. The lowest BCUT2D eigenvalue weighted by Gasteiger charge is -2.25. The van der Waals surface area contributed by atoms with Crippen LogP contribution in [0.15, 0.2) is 29.2 Å². The Morgan fingerprint density at radius 2 is 1.77 bits per heavy atom. The Labute approximate surface area is 250 Å². The average molecular weight is 627 g/mol. The molecule has 3 N–H and O–H groups in total. The van der Waals surface area contributed by atoms with Crippen LogP contribution in [-0.4, -0.2) is 53.1 Å². The molecule has 1 saturated heterocycles. The molecule has 0 radical (unpaired) electrons. The third-order valence-corrected chi connectivity index (χ3v) is 6.63. The van der Waals surface area contributed by atoms with E-state index in [1.165, 1.54) is 18.3 Å². The Kier molecular flexibility index (Phi) is 11.1. The van der Waals surface area contributed by atoms with Crippen LogP contribution in [0.1, 0.15) is 59.4 Å². The number of nitrogens with zero attached hydrogens (tertiary/aromatic N) is 1. The Balaban J connectivity index is 1.86. The van der Waals surface area contributed by atoms with E-state index >= 15 is 0 Å². The van der Waals surface area contributed by atoms with Crippen LogP contribution >= 0.6 is 0 Å². The molecule has 3 amide bonds. The summed E-state index contributed by atoms with van der Waals surface area (Å²) in [6.07, 6.45) is 1.05. The molecular formula is C29H34F4N4O7. The summed E-state index contributed by atoms with van der Waals surface area (Å²) in [6, 6.07) is 0.0896. The van der Waals surface area contributed by atoms with Gasteiger partial charge in [-0.25, -0.2) is 13.6 Å². The minimum atomic E-state index is -1.85. The maximum atomic E-state index is 14.1. The molecule has 2 aromatic rings. The van der Waals surface area contributed by atoms with Gasteiger partial charge in [-0.15, -0.1) is 0 Å². The number of anilines is 1. The van der Waals surface area contributed by atoms with Gasteiger partial charge in [0, 0.05) is 24.7 Å². The van der Waals surface area contributed by atoms with Gasteiger partial charge in [0.25, 0.3) is 5.56 Å². The number of ketones is 1. The Hall–Kier alpha value is -4.43. The Morgan fingerprint density at radius 1 is 1.11 bits per heavy atom. The molecule has 11 nitrogen and oxygen atoms in total. The van der Waals surface area contributed by atoms with E-state index in [0.717, 1.165) is 4.57 Å². The second kappa shape index (κ2) is 14.4. The van der Waals surface area contributed by atoms with Crippen molar-refractivity contribution >= 4 is 29.4 Å². The van der Waals surface area contributed by atoms with Crippen molar-refractivity contribution in [1.82, 2.24) is 15.2 Å². The molecule has 0 bridgehead atoms. The van der Waals surface area contributed by atoms with Crippen LogP contribution in [0.5, 0.6) is 5.75 Å². The molecular weight excluding hydrogens is 592 g/mol. The maximum Gasteiger partial charge on any atom is 0.412 e. The molecule has 1 fully saturated rings. The van der Waals surface area contributed by atoms with Crippen LogP contribution in [0.25, 0.3) is 0 Å². The van der Waals surface area contributed by atoms with Gasteiger partial charge in [-0.3, -0.25) is 24.5 Å². The standard InChI is InChI=1S/C29H34F4N4O7/c1-5-7-20(37-11-6-8-18(27(37)41)36-28(42)44-29(2,3)4)26(40)35-19(12-15-9-10-34-25(15)39)21(38)14-43-24-22(32)16(30)13-17(31)23(24)33/h6,8,11,13,15,19-20H,5,7,9-10,12,14H2,1-4H3,(H,34,39)(H,35,40)(H,36,42). The lowest BCUT2D eigenvalue weighted by Crippen LogP contribution is -2.48. The molecule has 0 spiro atoms. The summed E-state index contributed by atoms with van der Waals surface area (Å²) in [5.41, 5.74) is -1.76. The van der Waals surface area contributed by atoms with Crippen LogP contribution in [0.3, 0.4) is 0 Å². The number of Topliss-reactive ketones (excluding diaryl/α,β-unsaturated/α-hetero) is 1. The number of rotatable bonds is 12. The smallest absolute Gasteiger partial charge is 0.412 e. The van der Waals surface area contributed by atoms with E-state index in [-0.39, 0.29) is 30.5 Å². The van der Waals surface area contributed by atoms with Crippen molar-refractivity contribution in [3.63, 3.8) is 0 Å². The highest BCUT2D eigenvalue weighted by atomic mass is 19.2. The van der Waals surface area contributed by atoms with E-state index in [4.69, 9.17) is 9.47 Å². The maximum absolute atomic E-state index is 14.1. The fourth-order valence-corrected chi connectivity index (χ4v) is 4.55. The highest BCUT2D eigenvalue weighted by Crippen LogP contribution is 2.27. The van der Waals surface area contributed by atoms with Gasteiger partial charge in [0.1, 0.15) is 23.9 Å². The molecule has 3 rings (SSSR count). The second-order valence-electron chi connectivity index (χ2n) is 11.2. The minimum absolute atomic E-state index is 0.0189. The Bertz CT molecular complexity index is 1450. The molecule has 15 heteroatoms. The zero-order valence-electron chi connectivity index (χ0n) is 24.6. The quantitative estimate of drug-likeness (QED) is 0.240. The van der Waals surface area contributed by atoms with Gasteiger partial charge >= 0.3 is 6.09 Å². The first-order chi connectivity index (χ1) is 20.6.